The minimum Gasteiger partial charge on any atom is -0.352 e. The number of carbonyl (C=O) groups excluding carboxylic acids is 1. The molecular formula is C13H19ClN4O. The van der Waals surface area contributed by atoms with E-state index in [1.165, 1.54) is 6.33 Å². The molecule has 19 heavy (non-hydrogen) atoms. The molecule has 0 amide bonds. The van der Waals surface area contributed by atoms with Gasteiger partial charge in [0.25, 0.3) is 0 Å². The number of likely N-dealkylation sites (N-methyl/N-ethyl adjacent to an activating group) is 1. The van der Waals surface area contributed by atoms with Crippen LogP contribution in [0.5, 0.6) is 0 Å². The molecule has 1 aromatic heterocycles. The third-order valence-corrected chi connectivity index (χ3v) is 3.88. The number of hydrogen-bond donors (Lipinski definition) is 0. The van der Waals surface area contributed by atoms with Crippen LogP contribution in [0.2, 0.25) is 5.15 Å². The van der Waals surface area contributed by atoms with Gasteiger partial charge in [-0.05, 0) is 26.4 Å². The topological polar surface area (TPSA) is 49.3 Å². The number of carbonyl (C=O) groups is 1. The molecule has 1 fully saturated rings. The normalized spacial score (nSPS) is 21.2. The molecule has 6 heteroatoms. The minimum atomic E-state index is 0.229. The zero-order valence-corrected chi connectivity index (χ0v) is 12.1. The Morgan fingerprint density at radius 2 is 2.26 bits per heavy atom. The Morgan fingerprint density at radius 1 is 1.47 bits per heavy atom. The lowest BCUT2D eigenvalue weighted by Crippen LogP contribution is -2.40. The molecule has 1 aliphatic heterocycles. The summed E-state index contributed by atoms with van der Waals surface area (Å²) in [4.78, 5) is 23.9. The highest BCUT2D eigenvalue weighted by atomic mass is 35.5. The van der Waals surface area contributed by atoms with Crippen LogP contribution in [0.25, 0.3) is 0 Å². The summed E-state index contributed by atoms with van der Waals surface area (Å²) >= 11 is 5.99. The smallest absolute Gasteiger partial charge is 0.156 e. The van der Waals surface area contributed by atoms with Crippen LogP contribution >= 0.6 is 11.6 Å². The van der Waals surface area contributed by atoms with Crippen LogP contribution in [-0.2, 0) is 0 Å². The molecule has 0 radical (unpaired) electrons. The lowest BCUT2D eigenvalue weighted by molar-refractivity contribution is 0.112. The molecule has 5 nitrogen and oxygen atoms in total. The summed E-state index contributed by atoms with van der Waals surface area (Å²) in [5, 5.41) is 0.229. The van der Waals surface area contributed by atoms with Crippen molar-refractivity contribution in [2.45, 2.75) is 25.8 Å². The van der Waals surface area contributed by atoms with Crippen molar-refractivity contribution in [1.29, 1.82) is 0 Å². The number of aldehydes is 1. The Bertz CT molecular complexity index is 454. The molecule has 2 rings (SSSR count). The van der Waals surface area contributed by atoms with Crippen molar-refractivity contribution in [2.24, 2.45) is 0 Å². The maximum atomic E-state index is 11.2. The Kier molecular flexibility index (Phi) is 4.71. The third kappa shape index (κ3) is 3.04. The summed E-state index contributed by atoms with van der Waals surface area (Å²) in [7, 11) is 2.12. The number of anilines is 1. The summed E-state index contributed by atoms with van der Waals surface area (Å²) < 4.78 is 0. The molecule has 0 saturated carbocycles. The second kappa shape index (κ2) is 6.30. The summed E-state index contributed by atoms with van der Waals surface area (Å²) in [6, 6.07) is 0.345. The van der Waals surface area contributed by atoms with Crippen LogP contribution in [0.4, 0.5) is 5.82 Å². The zero-order valence-electron chi connectivity index (χ0n) is 11.3. The lowest BCUT2D eigenvalue weighted by Gasteiger charge is -2.31. The number of aromatic nitrogens is 2. The van der Waals surface area contributed by atoms with E-state index in [2.05, 4.69) is 33.7 Å². The molecule has 1 atom stereocenters. The first-order valence-corrected chi connectivity index (χ1v) is 6.96. The molecule has 0 N–H and O–H groups in total. The number of hydrogen-bond acceptors (Lipinski definition) is 5. The van der Waals surface area contributed by atoms with E-state index in [0.29, 0.717) is 17.4 Å². The van der Waals surface area contributed by atoms with Gasteiger partial charge < -0.3 is 9.80 Å². The van der Waals surface area contributed by atoms with E-state index in [9.17, 15) is 4.79 Å². The Hall–Kier alpha value is -1.20. The molecule has 0 bridgehead atoms. The molecule has 1 aromatic rings. The van der Waals surface area contributed by atoms with E-state index in [1.54, 1.807) is 0 Å². The first-order valence-electron chi connectivity index (χ1n) is 6.58. The van der Waals surface area contributed by atoms with Crippen molar-refractivity contribution in [1.82, 2.24) is 14.9 Å². The van der Waals surface area contributed by atoms with Gasteiger partial charge in [-0.2, -0.15) is 0 Å². The molecule has 0 aliphatic carbocycles. The standard InChI is InChI=1S/C13H19ClN4O/c1-3-10-7-17(2)5-4-6-18(10)13-11(8-19)12(14)15-9-16-13/h8-10H,3-7H2,1-2H3. The van der Waals surface area contributed by atoms with Gasteiger partial charge in [0.05, 0.1) is 5.56 Å². The van der Waals surface area contributed by atoms with Gasteiger partial charge in [0.15, 0.2) is 6.29 Å². The van der Waals surface area contributed by atoms with Gasteiger partial charge in [0.2, 0.25) is 0 Å². The maximum absolute atomic E-state index is 11.2. The largest absolute Gasteiger partial charge is 0.352 e. The summed E-state index contributed by atoms with van der Waals surface area (Å²) in [5.74, 6) is 0.664. The van der Waals surface area contributed by atoms with Crippen molar-refractivity contribution in [3.8, 4) is 0 Å². The highest BCUT2D eigenvalue weighted by Gasteiger charge is 2.25. The fourth-order valence-corrected chi connectivity index (χ4v) is 2.74. The summed E-state index contributed by atoms with van der Waals surface area (Å²) in [5.41, 5.74) is 0.396. The highest BCUT2D eigenvalue weighted by molar-refractivity contribution is 6.32. The van der Waals surface area contributed by atoms with Crippen LogP contribution in [0.1, 0.15) is 30.1 Å². The van der Waals surface area contributed by atoms with Crippen LogP contribution in [0, 0.1) is 0 Å². The van der Waals surface area contributed by atoms with Crippen LogP contribution in [0.3, 0.4) is 0 Å². The number of rotatable bonds is 3. The molecule has 104 valence electrons. The van der Waals surface area contributed by atoms with E-state index >= 15 is 0 Å². The first-order chi connectivity index (χ1) is 9.17. The second-order valence-corrected chi connectivity index (χ2v) is 5.25. The van der Waals surface area contributed by atoms with Crippen LogP contribution in [0.15, 0.2) is 6.33 Å². The van der Waals surface area contributed by atoms with E-state index in [0.717, 1.165) is 38.8 Å². The van der Waals surface area contributed by atoms with Gasteiger partial charge in [0, 0.05) is 19.1 Å². The molecule has 2 heterocycles. The molecule has 1 unspecified atom stereocenters. The Morgan fingerprint density at radius 3 is 2.95 bits per heavy atom. The monoisotopic (exact) mass is 282 g/mol. The highest BCUT2D eigenvalue weighted by Crippen LogP contribution is 2.25. The minimum absolute atomic E-state index is 0.229. The van der Waals surface area contributed by atoms with Crippen LogP contribution < -0.4 is 4.90 Å². The first kappa shape index (κ1) is 14.2. The average Bonchev–Trinajstić information content (AvgIpc) is 2.59. The fraction of sp³-hybridized carbons (Fsp3) is 0.615. The van der Waals surface area contributed by atoms with Gasteiger partial charge in [-0.15, -0.1) is 0 Å². The Labute approximate surface area is 118 Å². The second-order valence-electron chi connectivity index (χ2n) is 4.89. The molecule has 0 spiro atoms. The van der Waals surface area contributed by atoms with Gasteiger partial charge >= 0.3 is 0 Å². The van der Waals surface area contributed by atoms with Crippen molar-refractivity contribution >= 4 is 23.7 Å². The van der Waals surface area contributed by atoms with Crippen molar-refractivity contribution in [3.05, 3.63) is 17.0 Å². The van der Waals surface area contributed by atoms with Crippen molar-refractivity contribution in [2.75, 3.05) is 31.6 Å². The maximum Gasteiger partial charge on any atom is 0.156 e. The van der Waals surface area contributed by atoms with E-state index in [4.69, 9.17) is 11.6 Å². The van der Waals surface area contributed by atoms with E-state index < -0.39 is 0 Å². The van der Waals surface area contributed by atoms with Gasteiger partial charge in [-0.3, -0.25) is 4.79 Å². The fourth-order valence-electron chi connectivity index (χ4n) is 2.57. The van der Waals surface area contributed by atoms with E-state index in [-0.39, 0.29) is 5.15 Å². The average molecular weight is 283 g/mol. The van der Waals surface area contributed by atoms with Crippen molar-refractivity contribution in [3.63, 3.8) is 0 Å². The predicted molar refractivity (Wildman–Crippen MR) is 76.0 cm³/mol. The van der Waals surface area contributed by atoms with Gasteiger partial charge in [-0.25, -0.2) is 9.97 Å². The third-order valence-electron chi connectivity index (χ3n) is 3.58. The SMILES string of the molecule is CCC1CN(C)CCCN1c1ncnc(Cl)c1C=O. The molecule has 1 aliphatic rings. The Balaban J connectivity index is 2.37. The quantitative estimate of drug-likeness (QED) is 0.626. The van der Waals surface area contributed by atoms with Gasteiger partial charge in [0.1, 0.15) is 17.3 Å². The number of nitrogens with zero attached hydrogens (tertiary/aromatic N) is 4. The summed E-state index contributed by atoms with van der Waals surface area (Å²) in [6.45, 7) is 5.07. The van der Waals surface area contributed by atoms with Crippen molar-refractivity contribution < 1.29 is 4.79 Å². The van der Waals surface area contributed by atoms with Crippen LogP contribution in [-0.4, -0.2) is 53.9 Å². The molecular weight excluding hydrogens is 264 g/mol. The molecule has 0 aromatic carbocycles. The zero-order chi connectivity index (χ0) is 13.8. The predicted octanol–water partition coefficient (Wildman–Crippen LogP) is 1.86. The molecule has 1 saturated heterocycles. The lowest BCUT2D eigenvalue weighted by atomic mass is 10.1. The summed E-state index contributed by atoms with van der Waals surface area (Å²) in [6.07, 6.45) is 4.22. The van der Waals surface area contributed by atoms with E-state index in [1.807, 2.05) is 0 Å². The number of halogens is 1. The van der Waals surface area contributed by atoms with Gasteiger partial charge in [-0.1, -0.05) is 18.5 Å².